The van der Waals surface area contributed by atoms with Crippen LogP contribution in [0.1, 0.15) is 39.0 Å². The molecule has 1 atom stereocenters. The van der Waals surface area contributed by atoms with Crippen LogP contribution in [0.3, 0.4) is 0 Å². The Labute approximate surface area is 121 Å². The Morgan fingerprint density at radius 2 is 1.95 bits per heavy atom. The average molecular weight is 279 g/mol. The summed E-state index contributed by atoms with van der Waals surface area (Å²) in [5, 5.41) is 3.23. The topological polar surface area (TPSA) is 47.6 Å². The molecule has 112 valence electrons. The Hall–Kier alpha value is -1.71. The first-order valence-corrected chi connectivity index (χ1v) is 7.20. The van der Waals surface area contributed by atoms with Crippen molar-refractivity contribution in [2.75, 3.05) is 19.5 Å². The number of benzene rings is 1. The number of carbonyl (C=O) groups excluding carboxylic acids is 1. The summed E-state index contributed by atoms with van der Waals surface area (Å²) >= 11 is 0. The van der Waals surface area contributed by atoms with Gasteiger partial charge in [0.05, 0.1) is 19.9 Å². The predicted molar refractivity (Wildman–Crippen MR) is 81.2 cm³/mol. The van der Waals surface area contributed by atoms with Crippen LogP contribution >= 0.6 is 0 Å². The second-order valence-electron chi connectivity index (χ2n) is 4.77. The summed E-state index contributed by atoms with van der Waals surface area (Å²) in [6.45, 7) is 2.17. The molecular weight excluding hydrogens is 254 g/mol. The number of rotatable bonds is 9. The fourth-order valence-electron chi connectivity index (χ4n) is 2.12. The number of methoxy groups -OCH3 is 2. The van der Waals surface area contributed by atoms with Gasteiger partial charge in [-0.25, -0.2) is 4.79 Å². The summed E-state index contributed by atoms with van der Waals surface area (Å²) in [6.07, 6.45) is 5.30. The van der Waals surface area contributed by atoms with Crippen LogP contribution in [0.2, 0.25) is 0 Å². The Bertz CT molecular complexity index is 406. The zero-order valence-electron chi connectivity index (χ0n) is 12.6. The molecule has 1 N–H and O–H groups in total. The highest BCUT2D eigenvalue weighted by Gasteiger charge is 2.19. The van der Waals surface area contributed by atoms with Gasteiger partial charge in [0.1, 0.15) is 11.8 Å². The molecule has 1 aromatic rings. The maximum atomic E-state index is 11.9. The quantitative estimate of drug-likeness (QED) is 0.554. The highest BCUT2D eigenvalue weighted by Crippen LogP contribution is 2.25. The number of anilines is 1. The SMILES string of the molecule is CCCCCCC(Nc1ccccc1OC)C(=O)OC. The van der Waals surface area contributed by atoms with E-state index in [1.54, 1.807) is 7.11 Å². The van der Waals surface area contributed by atoms with E-state index in [4.69, 9.17) is 9.47 Å². The van der Waals surface area contributed by atoms with Crippen LogP contribution in [0.25, 0.3) is 0 Å². The van der Waals surface area contributed by atoms with Crippen molar-refractivity contribution < 1.29 is 14.3 Å². The van der Waals surface area contributed by atoms with E-state index in [1.165, 1.54) is 20.0 Å². The number of hydrogen-bond acceptors (Lipinski definition) is 4. The minimum atomic E-state index is -0.326. The molecule has 0 aliphatic heterocycles. The third-order valence-electron chi connectivity index (χ3n) is 3.27. The Balaban J connectivity index is 2.66. The predicted octanol–water partition coefficient (Wildman–Crippen LogP) is 3.62. The average Bonchev–Trinajstić information content (AvgIpc) is 2.50. The van der Waals surface area contributed by atoms with Crippen molar-refractivity contribution in [3.63, 3.8) is 0 Å². The fraction of sp³-hybridized carbons (Fsp3) is 0.562. The zero-order valence-corrected chi connectivity index (χ0v) is 12.6. The standard InChI is InChI=1S/C16H25NO3/c1-4-5-6-7-11-14(16(18)20-3)17-13-10-8-9-12-15(13)19-2/h8-10,12,14,17H,4-7,11H2,1-3H3. The summed E-state index contributed by atoms with van der Waals surface area (Å²) < 4.78 is 10.2. The van der Waals surface area contributed by atoms with Crippen molar-refractivity contribution in [2.45, 2.75) is 45.1 Å². The molecule has 0 bridgehead atoms. The summed E-state index contributed by atoms with van der Waals surface area (Å²) in [7, 11) is 3.04. The maximum absolute atomic E-state index is 11.9. The third kappa shape index (κ3) is 5.11. The number of carbonyl (C=O) groups is 1. The van der Waals surface area contributed by atoms with Crippen molar-refractivity contribution in [1.82, 2.24) is 0 Å². The highest BCUT2D eigenvalue weighted by atomic mass is 16.5. The van der Waals surface area contributed by atoms with Crippen molar-refractivity contribution in [3.8, 4) is 5.75 Å². The van der Waals surface area contributed by atoms with Gasteiger partial charge in [0.15, 0.2) is 0 Å². The number of unbranched alkanes of at least 4 members (excludes halogenated alkanes) is 3. The van der Waals surface area contributed by atoms with Gasteiger partial charge in [-0.05, 0) is 18.6 Å². The lowest BCUT2D eigenvalue weighted by atomic mass is 10.1. The van der Waals surface area contributed by atoms with Gasteiger partial charge in [0.25, 0.3) is 0 Å². The van der Waals surface area contributed by atoms with Gasteiger partial charge in [-0.15, -0.1) is 0 Å². The van der Waals surface area contributed by atoms with Gasteiger partial charge in [-0.2, -0.15) is 0 Å². The van der Waals surface area contributed by atoms with Crippen molar-refractivity contribution in [2.24, 2.45) is 0 Å². The van der Waals surface area contributed by atoms with E-state index >= 15 is 0 Å². The molecule has 0 aliphatic rings. The van der Waals surface area contributed by atoms with Crippen LogP contribution in [0, 0.1) is 0 Å². The molecule has 0 spiro atoms. The first-order chi connectivity index (χ1) is 9.72. The van der Waals surface area contributed by atoms with Gasteiger partial charge in [-0.1, -0.05) is 44.7 Å². The van der Waals surface area contributed by atoms with Crippen LogP contribution in [0.5, 0.6) is 5.75 Å². The van der Waals surface area contributed by atoms with Gasteiger partial charge >= 0.3 is 5.97 Å². The van der Waals surface area contributed by atoms with Gasteiger partial charge < -0.3 is 14.8 Å². The summed E-state index contributed by atoms with van der Waals surface area (Å²) in [5.41, 5.74) is 0.820. The molecule has 1 rings (SSSR count). The second-order valence-corrected chi connectivity index (χ2v) is 4.77. The monoisotopic (exact) mass is 279 g/mol. The minimum Gasteiger partial charge on any atom is -0.495 e. The molecule has 0 aliphatic carbocycles. The lowest BCUT2D eigenvalue weighted by molar-refractivity contribution is -0.141. The van der Waals surface area contributed by atoms with Crippen LogP contribution in [-0.4, -0.2) is 26.2 Å². The minimum absolute atomic E-state index is 0.229. The highest BCUT2D eigenvalue weighted by molar-refractivity contribution is 5.80. The molecule has 0 heterocycles. The number of para-hydroxylation sites is 2. The summed E-state index contributed by atoms with van der Waals surface area (Å²) in [5.74, 6) is 0.502. The number of nitrogens with one attached hydrogen (secondary N) is 1. The molecule has 0 radical (unpaired) electrons. The van der Waals surface area contributed by atoms with E-state index < -0.39 is 0 Å². The molecule has 4 heteroatoms. The molecule has 4 nitrogen and oxygen atoms in total. The fourth-order valence-corrected chi connectivity index (χ4v) is 2.12. The van der Waals surface area contributed by atoms with E-state index in [1.807, 2.05) is 24.3 Å². The molecule has 0 saturated heterocycles. The molecule has 1 aromatic carbocycles. The van der Waals surface area contributed by atoms with E-state index in [-0.39, 0.29) is 12.0 Å². The third-order valence-corrected chi connectivity index (χ3v) is 3.27. The van der Waals surface area contributed by atoms with Gasteiger partial charge in [0, 0.05) is 0 Å². The first-order valence-electron chi connectivity index (χ1n) is 7.20. The zero-order chi connectivity index (χ0) is 14.8. The van der Waals surface area contributed by atoms with Crippen LogP contribution in [0.4, 0.5) is 5.69 Å². The normalized spacial score (nSPS) is 11.8. The molecule has 0 saturated carbocycles. The van der Waals surface area contributed by atoms with E-state index in [0.29, 0.717) is 0 Å². The Kier molecular flexibility index (Phi) is 7.55. The lowest BCUT2D eigenvalue weighted by Gasteiger charge is -2.19. The summed E-state index contributed by atoms with van der Waals surface area (Å²) in [6, 6.07) is 7.26. The van der Waals surface area contributed by atoms with E-state index in [9.17, 15) is 4.79 Å². The van der Waals surface area contributed by atoms with Crippen LogP contribution < -0.4 is 10.1 Å². The second kappa shape index (κ2) is 9.23. The van der Waals surface area contributed by atoms with E-state index in [0.717, 1.165) is 30.7 Å². The molecule has 20 heavy (non-hydrogen) atoms. The van der Waals surface area contributed by atoms with Crippen LogP contribution in [-0.2, 0) is 9.53 Å². The van der Waals surface area contributed by atoms with Gasteiger partial charge in [-0.3, -0.25) is 0 Å². The van der Waals surface area contributed by atoms with Crippen molar-refractivity contribution in [3.05, 3.63) is 24.3 Å². The number of hydrogen-bond donors (Lipinski definition) is 1. The number of ether oxygens (including phenoxy) is 2. The largest absolute Gasteiger partial charge is 0.495 e. The molecule has 0 amide bonds. The van der Waals surface area contributed by atoms with E-state index in [2.05, 4.69) is 12.2 Å². The first kappa shape index (κ1) is 16.3. The Morgan fingerprint density at radius 1 is 1.20 bits per heavy atom. The van der Waals surface area contributed by atoms with Crippen molar-refractivity contribution >= 4 is 11.7 Å². The number of esters is 1. The Morgan fingerprint density at radius 3 is 2.60 bits per heavy atom. The van der Waals surface area contributed by atoms with Crippen molar-refractivity contribution in [1.29, 1.82) is 0 Å². The maximum Gasteiger partial charge on any atom is 0.328 e. The van der Waals surface area contributed by atoms with Gasteiger partial charge in [0.2, 0.25) is 0 Å². The smallest absolute Gasteiger partial charge is 0.328 e. The molecular formula is C16H25NO3. The molecule has 0 aromatic heterocycles. The molecule has 1 unspecified atom stereocenters. The molecule has 0 fully saturated rings. The lowest BCUT2D eigenvalue weighted by Crippen LogP contribution is -2.30. The summed E-state index contributed by atoms with van der Waals surface area (Å²) in [4.78, 5) is 11.9. The van der Waals surface area contributed by atoms with Crippen LogP contribution in [0.15, 0.2) is 24.3 Å².